The van der Waals surface area contributed by atoms with Gasteiger partial charge >= 0.3 is 18.9 Å². The van der Waals surface area contributed by atoms with Crippen molar-refractivity contribution in [3.8, 4) is 6.07 Å². The van der Waals surface area contributed by atoms with Crippen molar-refractivity contribution >= 4 is 0 Å². The first kappa shape index (κ1) is 12.3. The summed E-state index contributed by atoms with van der Waals surface area (Å²) in [5, 5.41) is 13.1. The molecule has 5 heteroatoms. The smallest absolute Gasteiger partial charge is 0.381 e. The van der Waals surface area contributed by atoms with E-state index in [1.165, 1.54) is 0 Å². The standard InChI is InChI=1S/C10H12N3O.Li/c1-8-9(6-11)7-13(12-8)10-2-4-14-5-3-10;/h10H,2-5H2,1H3;/q-1;+1. The molecule has 0 aliphatic carbocycles. The summed E-state index contributed by atoms with van der Waals surface area (Å²) in [4.78, 5) is 0. The normalized spacial score (nSPS) is 16.8. The fourth-order valence-corrected chi connectivity index (χ4v) is 1.64. The van der Waals surface area contributed by atoms with Crippen molar-refractivity contribution in [2.45, 2.75) is 25.8 Å². The Morgan fingerprint density at radius 2 is 2.20 bits per heavy atom. The van der Waals surface area contributed by atoms with Gasteiger partial charge in [0.1, 0.15) is 0 Å². The van der Waals surface area contributed by atoms with E-state index in [1.54, 1.807) is 4.68 Å². The molecule has 0 N–H and O–H groups in total. The second-order valence-corrected chi connectivity index (χ2v) is 3.47. The number of aryl methyl sites for hydroxylation is 1. The average Bonchev–Trinajstić information content (AvgIpc) is 2.61. The molecule has 0 saturated carbocycles. The molecule has 15 heavy (non-hydrogen) atoms. The Morgan fingerprint density at radius 1 is 1.53 bits per heavy atom. The van der Waals surface area contributed by atoms with Crippen LogP contribution in [0, 0.1) is 24.5 Å². The summed E-state index contributed by atoms with van der Waals surface area (Å²) in [7, 11) is 0. The largest absolute Gasteiger partial charge is 1.00 e. The summed E-state index contributed by atoms with van der Waals surface area (Å²) in [5.41, 5.74) is 1.32. The Kier molecular flexibility index (Phi) is 4.41. The molecule has 1 aliphatic heterocycles. The zero-order chi connectivity index (χ0) is 9.97. The van der Waals surface area contributed by atoms with Gasteiger partial charge < -0.3 is 9.42 Å². The van der Waals surface area contributed by atoms with Gasteiger partial charge in [-0.05, 0) is 18.5 Å². The monoisotopic (exact) mass is 197 g/mol. The van der Waals surface area contributed by atoms with Crippen LogP contribution in [0.2, 0.25) is 0 Å². The molecular formula is C10H12LiN3O. The Morgan fingerprint density at radius 3 is 2.73 bits per heavy atom. The van der Waals surface area contributed by atoms with Crippen LogP contribution in [-0.2, 0) is 4.74 Å². The molecule has 0 radical (unpaired) electrons. The Bertz CT molecular complexity index is 363. The molecule has 0 bridgehead atoms. The molecule has 1 aliphatic rings. The van der Waals surface area contributed by atoms with Gasteiger partial charge in [-0.2, -0.15) is 0 Å². The molecule has 2 rings (SSSR count). The third kappa shape index (κ3) is 2.63. The van der Waals surface area contributed by atoms with Gasteiger partial charge in [-0.3, -0.25) is 10.4 Å². The molecule has 0 aromatic carbocycles. The predicted molar refractivity (Wildman–Crippen MR) is 49.6 cm³/mol. The third-order valence-electron chi connectivity index (χ3n) is 2.49. The van der Waals surface area contributed by atoms with E-state index in [2.05, 4.69) is 17.4 Å². The number of nitrogens with zero attached hydrogens (tertiary/aromatic N) is 3. The van der Waals surface area contributed by atoms with Crippen molar-refractivity contribution in [3.05, 3.63) is 17.5 Å². The zero-order valence-electron chi connectivity index (χ0n) is 9.16. The maximum absolute atomic E-state index is 8.77. The van der Waals surface area contributed by atoms with E-state index in [0.717, 1.165) is 31.7 Å². The van der Waals surface area contributed by atoms with Crippen LogP contribution in [0.3, 0.4) is 0 Å². The first-order valence-electron chi connectivity index (χ1n) is 4.77. The SMILES string of the molecule is Cc1nn(C2CCOCC2)[c-]c1C#N.[Li+]. The van der Waals surface area contributed by atoms with Crippen LogP contribution in [0.5, 0.6) is 0 Å². The summed E-state index contributed by atoms with van der Waals surface area (Å²) in [5.74, 6) is 0. The number of nitriles is 1. The average molecular weight is 197 g/mol. The number of ether oxygens (including phenoxy) is 1. The van der Waals surface area contributed by atoms with Crippen molar-refractivity contribution in [2.24, 2.45) is 0 Å². The summed E-state index contributed by atoms with van der Waals surface area (Å²) in [6.45, 7) is 3.39. The van der Waals surface area contributed by atoms with Gasteiger partial charge in [0.25, 0.3) is 0 Å². The van der Waals surface area contributed by atoms with Crippen LogP contribution in [0.25, 0.3) is 0 Å². The number of aromatic nitrogens is 2. The van der Waals surface area contributed by atoms with E-state index in [-0.39, 0.29) is 18.9 Å². The van der Waals surface area contributed by atoms with Gasteiger partial charge in [-0.15, -0.1) is 0 Å². The fraction of sp³-hybridized carbons (Fsp3) is 0.600. The van der Waals surface area contributed by atoms with E-state index < -0.39 is 0 Å². The molecule has 4 nitrogen and oxygen atoms in total. The van der Waals surface area contributed by atoms with Gasteiger partial charge in [-0.1, -0.05) is 24.8 Å². The van der Waals surface area contributed by atoms with E-state index in [1.807, 2.05) is 6.92 Å². The van der Waals surface area contributed by atoms with Gasteiger partial charge in [0.05, 0.1) is 0 Å². The maximum Gasteiger partial charge on any atom is 1.00 e. The number of hydrogen-bond donors (Lipinski definition) is 0. The minimum Gasteiger partial charge on any atom is -0.381 e. The minimum absolute atomic E-state index is 0. The van der Waals surface area contributed by atoms with Crippen LogP contribution >= 0.6 is 0 Å². The minimum atomic E-state index is 0. The first-order valence-corrected chi connectivity index (χ1v) is 4.77. The van der Waals surface area contributed by atoms with Crippen LogP contribution in [0.15, 0.2) is 0 Å². The predicted octanol–water partition coefficient (Wildman–Crippen LogP) is -1.78. The molecule has 1 aromatic heterocycles. The number of rotatable bonds is 1. The van der Waals surface area contributed by atoms with Crippen LogP contribution in [-0.4, -0.2) is 23.0 Å². The zero-order valence-corrected chi connectivity index (χ0v) is 9.16. The Labute approximate surface area is 101 Å². The van der Waals surface area contributed by atoms with Crippen LogP contribution < -0.4 is 18.9 Å². The quantitative estimate of drug-likeness (QED) is 0.395. The van der Waals surface area contributed by atoms with Gasteiger partial charge in [0.2, 0.25) is 0 Å². The second-order valence-electron chi connectivity index (χ2n) is 3.47. The summed E-state index contributed by atoms with van der Waals surface area (Å²) >= 11 is 0. The summed E-state index contributed by atoms with van der Waals surface area (Å²) in [6.07, 6.45) is 4.91. The molecule has 0 amide bonds. The summed E-state index contributed by atoms with van der Waals surface area (Å²) in [6, 6.07) is 2.44. The molecule has 0 spiro atoms. The van der Waals surface area contributed by atoms with Crippen molar-refractivity contribution < 1.29 is 23.6 Å². The molecule has 1 fully saturated rings. The van der Waals surface area contributed by atoms with Crippen molar-refractivity contribution in [1.29, 1.82) is 5.26 Å². The molecule has 1 aromatic rings. The first-order chi connectivity index (χ1) is 6.81. The Balaban J connectivity index is 0.00000112. The van der Waals surface area contributed by atoms with Crippen LogP contribution in [0.4, 0.5) is 0 Å². The number of hydrogen-bond acceptors (Lipinski definition) is 3. The van der Waals surface area contributed by atoms with E-state index in [4.69, 9.17) is 10.00 Å². The van der Waals surface area contributed by atoms with Crippen molar-refractivity contribution in [1.82, 2.24) is 9.78 Å². The van der Waals surface area contributed by atoms with E-state index in [0.29, 0.717) is 11.6 Å². The Hall–Kier alpha value is -0.743. The molecule has 0 unspecified atom stereocenters. The van der Waals surface area contributed by atoms with Gasteiger partial charge in [-0.25, -0.2) is 0 Å². The molecule has 74 valence electrons. The van der Waals surface area contributed by atoms with Crippen molar-refractivity contribution in [2.75, 3.05) is 13.2 Å². The van der Waals surface area contributed by atoms with E-state index in [9.17, 15) is 0 Å². The van der Waals surface area contributed by atoms with Gasteiger partial charge in [0, 0.05) is 19.3 Å². The molecular weight excluding hydrogens is 185 g/mol. The van der Waals surface area contributed by atoms with Gasteiger partial charge in [0.15, 0.2) is 0 Å². The third-order valence-corrected chi connectivity index (χ3v) is 2.49. The second kappa shape index (κ2) is 5.37. The molecule has 0 atom stereocenters. The molecule has 1 saturated heterocycles. The summed E-state index contributed by atoms with van der Waals surface area (Å²) < 4.78 is 7.05. The van der Waals surface area contributed by atoms with Crippen molar-refractivity contribution in [3.63, 3.8) is 0 Å². The molecule has 2 heterocycles. The van der Waals surface area contributed by atoms with Crippen LogP contribution in [0.1, 0.15) is 30.1 Å². The fourth-order valence-electron chi connectivity index (χ4n) is 1.64. The maximum atomic E-state index is 8.77. The topological polar surface area (TPSA) is 50.8 Å². The van der Waals surface area contributed by atoms with E-state index >= 15 is 0 Å².